The zero-order valence-electron chi connectivity index (χ0n) is 20.7. The van der Waals surface area contributed by atoms with E-state index in [9.17, 15) is 18.0 Å². The lowest BCUT2D eigenvalue weighted by molar-refractivity contribution is -0.159. The number of fused-ring (bicyclic) bond motifs is 2. The largest absolute Gasteiger partial charge is 0.468 e. The van der Waals surface area contributed by atoms with Gasteiger partial charge in [-0.15, -0.1) is 0 Å². The van der Waals surface area contributed by atoms with Crippen molar-refractivity contribution in [3.8, 4) is 0 Å². The molecule has 4 rings (SSSR count). The SMILES string of the molecule is COC(=O)[C@H]1CCCN1[C@H](C)CC(=O)O[C@H]1C[C@@H]2CC[C@@]1(CS(=O)(=O)c1ccccc1)C2(C)C. The number of carbonyl (C=O) groups is 2. The third-order valence-corrected chi connectivity index (χ3v) is 10.9. The van der Waals surface area contributed by atoms with E-state index in [1.807, 2.05) is 11.8 Å². The van der Waals surface area contributed by atoms with E-state index in [-0.39, 0.29) is 41.6 Å². The van der Waals surface area contributed by atoms with Crippen LogP contribution in [0.25, 0.3) is 0 Å². The molecular formula is C26H37NO6S. The maximum atomic E-state index is 13.4. The predicted octanol–water partition coefficient (Wildman–Crippen LogP) is 3.61. The van der Waals surface area contributed by atoms with E-state index in [4.69, 9.17) is 9.47 Å². The number of likely N-dealkylation sites (tertiary alicyclic amines) is 1. The fraction of sp³-hybridized carbons (Fsp3) is 0.692. The van der Waals surface area contributed by atoms with Crippen LogP contribution in [0.3, 0.4) is 0 Å². The second-order valence-corrected chi connectivity index (χ2v) is 12.9. The number of benzene rings is 1. The molecule has 1 aromatic carbocycles. The maximum Gasteiger partial charge on any atom is 0.323 e. The molecule has 34 heavy (non-hydrogen) atoms. The Balaban J connectivity index is 1.49. The van der Waals surface area contributed by atoms with E-state index >= 15 is 0 Å². The van der Waals surface area contributed by atoms with Crippen LogP contribution in [0.4, 0.5) is 0 Å². The molecule has 3 fully saturated rings. The van der Waals surface area contributed by atoms with E-state index in [2.05, 4.69) is 13.8 Å². The number of carbonyl (C=O) groups excluding carboxylic acids is 2. The number of methoxy groups -OCH3 is 1. The third kappa shape index (κ3) is 4.28. The quantitative estimate of drug-likeness (QED) is 0.513. The van der Waals surface area contributed by atoms with Crippen molar-refractivity contribution in [3.63, 3.8) is 0 Å². The highest BCUT2D eigenvalue weighted by Crippen LogP contribution is 2.67. The number of nitrogens with zero attached hydrogens (tertiary/aromatic N) is 1. The molecule has 3 aliphatic rings. The van der Waals surface area contributed by atoms with E-state index in [0.29, 0.717) is 17.2 Å². The second-order valence-electron chi connectivity index (χ2n) is 10.9. The maximum absolute atomic E-state index is 13.4. The van der Waals surface area contributed by atoms with Gasteiger partial charge in [0.1, 0.15) is 12.1 Å². The average molecular weight is 492 g/mol. The van der Waals surface area contributed by atoms with Gasteiger partial charge in [0.05, 0.1) is 24.2 Å². The van der Waals surface area contributed by atoms with Crippen LogP contribution in [-0.2, 0) is 28.9 Å². The summed E-state index contributed by atoms with van der Waals surface area (Å²) in [5, 5.41) is 0. The number of hydrogen-bond acceptors (Lipinski definition) is 7. The first-order valence-electron chi connectivity index (χ1n) is 12.3. The van der Waals surface area contributed by atoms with Crippen molar-refractivity contribution in [2.75, 3.05) is 19.4 Å². The van der Waals surface area contributed by atoms with Crippen molar-refractivity contribution >= 4 is 21.8 Å². The molecular weight excluding hydrogens is 454 g/mol. The van der Waals surface area contributed by atoms with Crippen LogP contribution in [0.1, 0.15) is 59.3 Å². The minimum absolute atomic E-state index is 0.0163. The molecule has 0 aromatic heterocycles. The fourth-order valence-electron chi connectivity index (χ4n) is 6.83. The van der Waals surface area contributed by atoms with Crippen molar-refractivity contribution in [3.05, 3.63) is 30.3 Å². The molecule has 2 saturated carbocycles. The Morgan fingerprint density at radius 1 is 1.18 bits per heavy atom. The van der Waals surface area contributed by atoms with Crippen LogP contribution in [0.2, 0.25) is 0 Å². The molecule has 2 bridgehead atoms. The molecule has 2 aliphatic carbocycles. The van der Waals surface area contributed by atoms with Crippen molar-refractivity contribution in [1.29, 1.82) is 0 Å². The molecule has 188 valence electrons. The number of hydrogen-bond donors (Lipinski definition) is 0. The lowest BCUT2D eigenvalue weighted by Gasteiger charge is -2.41. The fourth-order valence-corrected chi connectivity index (χ4v) is 8.95. The molecule has 1 aliphatic heterocycles. The Labute approximate surface area is 203 Å². The van der Waals surface area contributed by atoms with Crippen molar-refractivity contribution in [2.45, 2.75) is 82.4 Å². The van der Waals surface area contributed by atoms with Crippen LogP contribution in [-0.4, -0.2) is 62.9 Å². The number of rotatable bonds is 8. The summed E-state index contributed by atoms with van der Waals surface area (Å²) in [6.07, 6.45) is 3.75. The summed E-state index contributed by atoms with van der Waals surface area (Å²) in [6, 6.07) is 8.07. The molecule has 1 heterocycles. The first-order chi connectivity index (χ1) is 16.0. The van der Waals surface area contributed by atoms with Gasteiger partial charge in [0.25, 0.3) is 0 Å². The number of esters is 2. The molecule has 1 saturated heterocycles. The zero-order valence-corrected chi connectivity index (χ0v) is 21.5. The van der Waals surface area contributed by atoms with Gasteiger partial charge in [0.15, 0.2) is 9.84 Å². The smallest absolute Gasteiger partial charge is 0.323 e. The summed E-state index contributed by atoms with van der Waals surface area (Å²) < 4.78 is 37.8. The van der Waals surface area contributed by atoms with Crippen LogP contribution < -0.4 is 0 Å². The van der Waals surface area contributed by atoms with Crippen LogP contribution in [0.15, 0.2) is 35.2 Å². The Kier molecular flexibility index (Phi) is 6.86. The highest BCUT2D eigenvalue weighted by Gasteiger charge is 2.66. The third-order valence-electron chi connectivity index (χ3n) is 8.98. The monoisotopic (exact) mass is 491 g/mol. The number of sulfone groups is 1. The summed E-state index contributed by atoms with van der Waals surface area (Å²) in [4.78, 5) is 27.5. The van der Waals surface area contributed by atoms with E-state index in [0.717, 1.165) is 32.2 Å². The zero-order chi connectivity index (χ0) is 24.7. The second kappa shape index (κ2) is 9.26. The van der Waals surface area contributed by atoms with Gasteiger partial charge in [-0.1, -0.05) is 32.0 Å². The van der Waals surface area contributed by atoms with Gasteiger partial charge in [-0.25, -0.2) is 8.42 Å². The molecule has 0 unspecified atom stereocenters. The Bertz CT molecular complexity index is 1020. The first-order valence-corrected chi connectivity index (χ1v) is 14.0. The Morgan fingerprint density at radius 2 is 1.88 bits per heavy atom. The molecule has 7 nitrogen and oxygen atoms in total. The lowest BCUT2D eigenvalue weighted by atomic mass is 9.69. The van der Waals surface area contributed by atoms with Crippen LogP contribution in [0, 0.1) is 16.7 Å². The van der Waals surface area contributed by atoms with Gasteiger partial charge >= 0.3 is 11.9 Å². The van der Waals surface area contributed by atoms with Crippen molar-refractivity contribution < 1.29 is 27.5 Å². The minimum atomic E-state index is -3.53. The predicted molar refractivity (Wildman–Crippen MR) is 128 cm³/mol. The average Bonchev–Trinajstić information content (AvgIpc) is 3.43. The summed E-state index contributed by atoms with van der Waals surface area (Å²) >= 11 is 0. The van der Waals surface area contributed by atoms with E-state index in [1.54, 1.807) is 30.3 Å². The first kappa shape index (κ1) is 25.2. The van der Waals surface area contributed by atoms with Gasteiger partial charge in [-0.2, -0.15) is 0 Å². The topological polar surface area (TPSA) is 90.0 Å². The highest BCUT2D eigenvalue weighted by atomic mass is 32.2. The van der Waals surface area contributed by atoms with Gasteiger partial charge in [-0.3, -0.25) is 14.5 Å². The summed E-state index contributed by atoms with van der Waals surface area (Å²) in [6.45, 7) is 6.94. The van der Waals surface area contributed by atoms with E-state index < -0.39 is 21.4 Å². The van der Waals surface area contributed by atoms with Gasteiger partial charge in [0, 0.05) is 11.5 Å². The van der Waals surface area contributed by atoms with Crippen LogP contribution in [0.5, 0.6) is 0 Å². The summed E-state index contributed by atoms with van der Waals surface area (Å²) in [5.41, 5.74) is -0.843. The molecule has 0 spiro atoms. The molecule has 1 aromatic rings. The molecule has 5 atom stereocenters. The Hall–Kier alpha value is -1.93. The number of ether oxygens (including phenoxy) is 2. The van der Waals surface area contributed by atoms with Crippen molar-refractivity contribution in [1.82, 2.24) is 4.90 Å². The van der Waals surface area contributed by atoms with Crippen molar-refractivity contribution in [2.24, 2.45) is 16.7 Å². The summed E-state index contributed by atoms with van der Waals surface area (Å²) in [5.74, 6) is -0.279. The normalized spacial score (nSPS) is 31.4. The molecule has 0 amide bonds. The Morgan fingerprint density at radius 3 is 2.53 bits per heavy atom. The molecule has 8 heteroatoms. The summed E-state index contributed by atoms with van der Waals surface area (Å²) in [7, 11) is -2.15. The molecule has 0 N–H and O–H groups in total. The van der Waals surface area contributed by atoms with Gasteiger partial charge < -0.3 is 9.47 Å². The van der Waals surface area contributed by atoms with Crippen LogP contribution >= 0.6 is 0 Å². The van der Waals surface area contributed by atoms with Gasteiger partial charge in [0.2, 0.25) is 0 Å². The minimum Gasteiger partial charge on any atom is -0.468 e. The van der Waals surface area contributed by atoms with Gasteiger partial charge in [-0.05, 0) is 69.0 Å². The highest BCUT2D eigenvalue weighted by molar-refractivity contribution is 7.91. The lowest BCUT2D eigenvalue weighted by Crippen LogP contribution is -2.47. The molecule has 0 radical (unpaired) electrons. The standard InChI is InChI=1S/C26H37NO6S/c1-18(27-14-8-11-21(27)24(29)32-4)15-23(28)33-22-16-19-12-13-26(22,25(19,2)3)17-34(30,31)20-9-6-5-7-10-20/h5-7,9-10,18-19,21-22H,8,11-17H2,1-4H3/t18-,19+,21-,22+,26+/m1/s1. The van der Waals surface area contributed by atoms with E-state index in [1.165, 1.54) is 7.11 Å².